The number of ketones is 2. The summed E-state index contributed by atoms with van der Waals surface area (Å²) in [5.74, 6) is -5.92. The van der Waals surface area contributed by atoms with Crippen LogP contribution >= 0.6 is 0 Å². The number of benzene rings is 4. The molecule has 2 amide bonds. The third kappa shape index (κ3) is 4.94. The number of nitro groups is 1. The molecule has 11 heteroatoms. The van der Waals surface area contributed by atoms with Crippen molar-refractivity contribution in [2.45, 2.75) is 24.2 Å². The summed E-state index contributed by atoms with van der Waals surface area (Å²) in [7, 11) is 2.89. The summed E-state index contributed by atoms with van der Waals surface area (Å²) in [6, 6.07) is 26.4. The molecule has 0 radical (unpaired) electrons. The maximum atomic E-state index is 15.3. The Kier molecular flexibility index (Phi) is 8.09. The van der Waals surface area contributed by atoms with Crippen LogP contribution < -0.4 is 14.4 Å². The Morgan fingerprint density at radius 3 is 2.25 bits per heavy atom. The number of Topliss-reactive ketones (excluding diaryl/α,β-unsaturated/α-hetero) is 1. The average molecular weight is 711 g/mol. The topological polar surface area (TPSA) is 153 Å². The van der Waals surface area contributed by atoms with Crippen molar-refractivity contribution in [2.24, 2.45) is 23.7 Å². The Balaban J connectivity index is 1.38. The van der Waals surface area contributed by atoms with Gasteiger partial charge in [0.1, 0.15) is 17.2 Å². The number of allylic oxidation sites excluding steroid dienone is 4. The molecule has 4 aliphatic rings. The van der Waals surface area contributed by atoms with Crippen molar-refractivity contribution in [3.63, 3.8) is 0 Å². The molecule has 0 bridgehead atoms. The number of methoxy groups -OCH3 is 2. The summed E-state index contributed by atoms with van der Waals surface area (Å²) in [5, 5.41) is 23.5. The summed E-state index contributed by atoms with van der Waals surface area (Å²) in [6.45, 7) is 0. The largest absolute Gasteiger partial charge is 0.507 e. The van der Waals surface area contributed by atoms with E-state index < -0.39 is 51.7 Å². The number of hydrogen-bond donors (Lipinski definition) is 1. The van der Waals surface area contributed by atoms with Gasteiger partial charge in [-0.25, -0.2) is 4.90 Å². The van der Waals surface area contributed by atoms with Crippen LogP contribution in [-0.4, -0.2) is 47.6 Å². The highest BCUT2D eigenvalue weighted by atomic mass is 16.6. The fraction of sp³-hybridized carbons (Fsp3) is 0.238. The van der Waals surface area contributed by atoms with Gasteiger partial charge in [0, 0.05) is 47.2 Å². The Labute approximate surface area is 304 Å². The molecule has 266 valence electrons. The zero-order chi connectivity index (χ0) is 37.2. The van der Waals surface area contributed by atoms with Gasteiger partial charge in [0.15, 0.2) is 11.6 Å². The van der Waals surface area contributed by atoms with Crippen LogP contribution in [0.15, 0.2) is 115 Å². The number of phenols is 1. The number of aromatic hydroxyl groups is 1. The number of nitrogens with zero attached hydrogens (tertiary/aromatic N) is 2. The molecule has 4 aromatic rings. The summed E-state index contributed by atoms with van der Waals surface area (Å²) in [4.78, 5) is 71.1. The molecular weight excluding hydrogens is 676 g/mol. The number of ether oxygens (including phenoxy) is 2. The van der Waals surface area contributed by atoms with Gasteiger partial charge in [-0.1, -0.05) is 78.4 Å². The summed E-state index contributed by atoms with van der Waals surface area (Å²) in [5.41, 5.74) is 0.481. The van der Waals surface area contributed by atoms with E-state index in [1.54, 1.807) is 54.6 Å². The number of rotatable bonds is 7. The molecular formula is C42H34N2O9. The molecule has 1 N–H and O–H groups in total. The first-order valence-electron chi connectivity index (χ1n) is 17.3. The van der Waals surface area contributed by atoms with Crippen LogP contribution in [0.1, 0.15) is 35.4 Å². The maximum absolute atomic E-state index is 15.3. The van der Waals surface area contributed by atoms with E-state index in [0.29, 0.717) is 22.4 Å². The second-order valence-corrected chi connectivity index (χ2v) is 13.8. The summed E-state index contributed by atoms with van der Waals surface area (Å²) >= 11 is 0. The Bertz CT molecular complexity index is 2280. The normalized spacial score (nSPS) is 26.2. The number of non-ortho nitro benzene ring substituents is 1. The van der Waals surface area contributed by atoms with Gasteiger partial charge in [0.05, 0.1) is 42.1 Å². The van der Waals surface area contributed by atoms with Crippen molar-refractivity contribution in [3.8, 4) is 17.2 Å². The second-order valence-electron chi connectivity index (χ2n) is 13.8. The SMILES string of the molecule is COc1cc(O)c([C@H]2C3=CC[C@@H]4C(=O)N(c5cccc([N+](=O)[O-])c5)C(=O)[C@@H]4[C@@H]3C[C@H]3C(=O)C(c4ccccc4)=CC(=O)[C@@]23c2ccccc2)c(OC)c1. The number of hydrogen-bond acceptors (Lipinski definition) is 9. The number of amides is 2. The predicted molar refractivity (Wildman–Crippen MR) is 193 cm³/mol. The molecule has 0 spiro atoms. The first-order valence-corrected chi connectivity index (χ1v) is 17.3. The van der Waals surface area contributed by atoms with Gasteiger partial charge in [-0.2, -0.15) is 0 Å². The number of anilines is 1. The monoisotopic (exact) mass is 710 g/mol. The number of imide groups is 1. The number of carbonyl (C=O) groups is 4. The second kappa shape index (κ2) is 12.7. The van der Waals surface area contributed by atoms with Crippen molar-refractivity contribution < 1.29 is 38.7 Å². The number of nitro benzene ring substituents is 1. The predicted octanol–water partition coefficient (Wildman–Crippen LogP) is 6.35. The standard InChI is InChI=1S/C42H34N2O9/c1-52-27-19-33(45)37(34(20-27)53-2)38-28-16-17-29-36(41(49)43(40(29)48)25-14-9-15-26(18-25)44(50)51)31(28)21-32-39(47)30(23-10-5-3-6-11-23)22-35(46)42(32,38)24-12-7-4-8-13-24/h3-16,18-20,22,29,31-32,36,38,45H,17,21H2,1-2H3/t29-,31+,32-,36-,38+,42-/m0/s1. The van der Waals surface area contributed by atoms with E-state index in [1.807, 2.05) is 18.2 Å². The van der Waals surface area contributed by atoms with Crippen molar-refractivity contribution in [2.75, 3.05) is 19.1 Å². The van der Waals surface area contributed by atoms with Crippen molar-refractivity contribution in [1.29, 1.82) is 0 Å². The third-order valence-electron chi connectivity index (χ3n) is 11.5. The van der Waals surface area contributed by atoms with Crippen molar-refractivity contribution >= 4 is 40.3 Å². The van der Waals surface area contributed by atoms with Gasteiger partial charge in [-0.3, -0.25) is 29.3 Å². The minimum atomic E-state index is -1.59. The van der Waals surface area contributed by atoms with Crippen LogP contribution in [-0.2, 0) is 24.6 Å². The molecule has 1 heterocycles. The molecule has 53 heavy (non-hydrogen) atoms. The molecule has 8 rings (SSSR count). The van der Waals surface area contributed by atoms with E-state index in [1.165, 1.54) is 50.6 Å². The molecule has 1 saturated heterocycles. The third-order valence-corrected chi connectivity index (χ3v) is 11.5. The van der Waals surface area contributed by atoms with Crippen LogP contribution in [0, 0.1) is 33.8 Å². The van der Waals surface area contributed by atoms with Crippen LogP contribution in [0.3, 0.4) is 0 Å². The lowest BCUT2D eigenvalue weighted by molar-refractivity contribution is -0.384. The molecule has 1 saturated carbocycles. The van der Waals surface area contributed by atoms with Crippen molar-refractivity contribution in [1.82, 2.24) is 0 Å². The van der Waals surface area contributed by atoms with Crippen LogP contribution in [0.4, 0.5) is 11.4 Å². The van der Waals surface area contributed by atoms with Crippen LogP contribution in [0.25, 0.3) is 5.57 Å². The van der Waals surface area contributed by atoms with Gasteiger partial charge in [0.2, 0.25) is 11.8 Å². The van der Waals surface area contributed by atoms with Gasteiger partial charge in [-0.05, 0) is 42.0 Å². The van der Waals surface area contributed by atoms with Crippen LogP contribution in [0.2, 0.25) is 0 Å². The molecule has 1 aliphatic heterocycles. The molecule has 6 atom stereocenters. The van der Waals surface area contributed by atoms with E-state index >= 15 is 9.59 Å². The smallest absolute Gasteiger partial charge is 0.271 e. The quantitative estimate of drug-likeness (QED) is 0.100. The zero-order valence-corrected chi connectivity index (χ0v) is 28.8. The molecule has 3 aliphatic carbocycles. The highest BCUT2D eigenvalue weighted by Crippen LogP contribution is 2.65. The van der Waals surface area contributed by atoms with Crippen molar-refractivity contribution in [3.05, 3.63) is 142 Å². The molecule has 4 aromatic carbocycles. The van der Waals surface area contributed by atoms with Gasteiger partial charge in [0.25, 0.3) is 5.69 Å². The fourth-order valence-electron chi connectivity index (χ4n) is 9.35. The maximum Gasteiger partial charge on any atom is 0.271 e. The fourth-order valence-corrected chi connectivity index (χ4v) is 9.35. The summed E-state index contributed by atoms with van der Waals surface area (Å²) < 4.78 is 11.3. The first kappa shape index (κ1) is 33.8. The number of fused-ring (bicyclic) bond motifs is 4. The molecule has 2 fully saturated rings. The number of phenolic OH excluding ortho intramolecular Hbond substituents is 1. The van der Waals surface area contributed by atoms with Gasteiger partial charge in [-0.15, -0.1) is 0 Å². The average Bonchev–Trinajstić information content (AvgIpc) is 3.44. The molecule has 0 aromatic heterocycles. The van der Waals surface area contributed by atoms with E-state index in [-0.39, 0.29) is 58.4 Å². The lowest BCUT2D eigenvalue weighted by Crippen LogP contribution is -2.58. The van der Waals surface area contributed by atoms with E-state index in [4.69, 9.17) is 9.47 Å². The lowest BCUT2D eigenvalue weighted by atomic mass is 9.44. The highest BCUT2D eigenvalue weighted by molar-refractivity contribution is 6.32. The van der Waals surface area contributed by atoms with E-state index in [2.05, 4.69) is 0 Å². The molecule has 0 unspecified atom stereocenters. The van der Waals surface area contributed by atoms with E-state index in [0.717, 1.165) is 4.90 Å². The van der Waals surface area contributed by atoms with Crippen LogP contribution in [0.5, 0.6) is 17.2 Å². The highest BCUT2D eigenvalue weighted by Gasteiger charge is 2.66. The van der Waals surface area contributed by atoms with Gasteiger partial charge >= 0.3 is 0 Å². The lowest BCUT2D eigenvalue weighted by Gasteiger charge is -2.55. The minimum Gasteiger partial charge on any atom is -0.507 e. The number of carbonyl (C=O) groups excluding carboxylic acids is 4. The van der Waals surface area contributed by atoms with E-state index in [9.17, 15) is 24.8 Å². The Morgan fingerprint density at radius 2 is 1.57 bits per heavy atom. The van der Waals surface area contributed by atoms with Gasteiger partial charge < -0.3 is 14.6 Å². The summed E-state index contributed by atoms with van der Waals surface area (Å²) in [6.07, 6.45) is 3.46. The first-order chi connectivity index (χ1) is 25.6. The molecule has 11 nitrogen and oxygen atoms in total. The zero-order valence-electron chi connectivity index (χ0n) is 28.8. The minimum absolute atomic E-state index is 0.0498. The Morgan fingerprint density at radius 1 is 0.849 bits per heavy atom. The Hall–Kier alpha value is -6.36.